The molecule has 0 radical (unpaired) electrons. The summed E-state index contributed by atoms with van der Waals surface area (Å²) < 4.78 is 44.2. The van der Waals surface area contributed by atoms with Gasteiger partial charge in [-0.15, -0.1) is 0 Å². The van der Waals surface area contributed by atoms with Gasteiger partial charge in [-0.1, -0.05) is 0 Å². The monoisotopic (exact) mass is 302 g/mol. The lowest BCUT2D eigenvalue weighted by Crippen LogP contribution is -2.30. The number of nitrogens with zero attached hydrogens (tertiary/aromatic N) is 1. The summed E-state index contributed by atoms with van der Waals surface area (Å²) in [6, 6.07) is 2.68. The van der Waals surface area contributed by atoms with E-state index in [1.54, 1.807) is 20.8 Å². The maximum Gasteiger partial charge on any atom is 0.412 e. The first-order valence-electron chi connectivity index (χ1n) is 6.57. The molecule has 1 aromatic heterocycles. The van der Waals surface area contributed by atoms with Crippen molar-refractivity contribution in [1.82, 2.24) is 4.98 Å². The lowest BCUT2D eigenvalue weighted by Gasteiger charge is -2.21. The zero-order chi connectivity index (χ0) is 15.9. The second-order valence-corrected chi connectivity index (χ2v) is 6.14. The number of carbonyl (C=O) groups is 1. The van der Waals surface area contributed by atoms with Crippen LogP contribution in [-0.2, 0) is 10.2 Å². The van der Waals surface area contributed by atoms with Crippen molar-refractivity contribution in [1.29, 1.82) is 0 Å². The number of rotatable bonds is 2. The third-order valence-corrected chi connectivity index (χ3v) is 3.19. The maximum absolute atomic E-state index is 13.0. The Balaban J connectivity index is 2.14. The number of hydrogen-bond donors (Lipinski definition) is 1. The largest absolute Gasteiger partial charge is 0.444 e. The van der Waals surface area contributed by atoms with E-state index < -0.39 is 23.3 Å². The minimum Gasteiger partial charge on any atom is -0.444 e. The molecule has 21 heavy (non-hydrogen) atoms. The van der Waals surface area contributed by atoms with Gasteiger partial charge >= 0.3 is 12.3 Å². The molecule has 1 N–H and O–H groups in total. The van der Waals surface area contributed by atoms with Gasteiger partial charge < -0.3 is 4.74 Å². The Morgan fingerprint density at radius 2 is 1.95 bits per heavy atom. The number of hydrogen-bond acceptors (Lipinski definition) is 3. The molecule has 4 nitrogen and oxygen atoms in total. The fraction of sp³-hybridized carbons (Fsp3) is 0.571. The number of nitrogens with one attached hydrogen (secondary N) is 1. The number of anilines is 1. The Bertz CT molecular complexity index is 546. The highest BCUT2D eigenvalue weighted by molar-refractivity contribution is 5.84. The van der Waals surface area contributed by atoms with Crippen LogP contribution >= 0.6 is 0 Å². The lowest BCUT2D eigenvalue weighted by atomic mass is 10.0. The molecule has 0 spiro atoms. The lowest BCUT2D eigenvalue weighted by molar-refractivity contribution is -0.161. The minimum absolute atomic E-state index is 0.0272. The summed E-state index contributed by atoms with van der Waals surface area (Å²) in [5, 5.41) is 2.42. The molecule has 1 aliphatic rings. The van der Waals surface area contributed by atoms with E-state index in [9.17, 15) is 18.0 Å². The van der Waals surface area contributed by atoms with Gasteiger partial charge in [0, 0.05) is 11.9 Å². The van der Waals surface area contributed by atoms with Crippen LogP contribution < -0.4 is 5.32 Å². The Hall–Kier alpha value is -1.79. The molecule has 1 aromatic rings. The van der Waals surface area contributed by atoms with Crippen LogP contribution in [0.15, 0.2) is 18.3 Å². The summed E-state index contributed by atoms with van der Waals surface area (Å²) >= 11 is 0. The van der Waals surface area contributed by atoms with Gasteiger partial charge in [0.1, 0.15) is 11.0 Å². The first kappa shape index (κ1) is 15.6. The summed E-state index contributed by atoms with van der Waals surface area (Å²) in [5.41, 5.74) is -2.37. The molecule has 116 valence electrons. The van der Waals surface area contributed by atoms with E-state index in [1.165, 1.54) is 18.3 Å². The van der Waals surface area contributed by atoms with E-state index in [0.717, 1.165) is 0 Å². The zero-order valence-corrected chi connectivity index (χ0v) is 12.0. The van der Waals surface area contributed by atoms with Crippen molar-refractivity contribution >= 4 is 11.8 Å². The molecular formula is C14H17F3N2O2. The number of halogens is 3. The topological polar surface area (TPSA) is 51.2 Å². The molecule has 7 heteroatoms. The Labute approximate surface area is 120 Å². The second-order valence-electron chi connectivity index (χ2n) is 6.14. The third kappa shape index (κ3) is 3.46. The molecule has 1 aliphatic carbocycles. The molecule has 0 aromatic carbocycles. The highest BCUT2D eigenvalue weighted by atomic mass is 19.4. The molecule has 0 unspecified atom stereocenters. The summed E-state index contributed by atoms with van der Waals surface area (Å²) in [4.78, 5) is 15.4. The average Bonchev–Trinajstić information content (AvgIpc) is 3.06. The maximum atomic E-state index is 13.0. The second kappa shape index (κ2) is 4.89. The van der Waals surface area contributed by atoms with Gasteiger partial charge in [-0.25, -0.2) is 4.79 Å². The highest BCUT2D eigenvalue weighted by Gasteiger charge is 2.65. The van der Waals surface area contributed by atoms with Crippen molar-refractivity contribution in [3.63, 3.8) is 0 Å². The Morgan fingerprint density at radius 1 is 1.33 bits per heavy atom. The SMILES string of the molecule is CC(C)(C)OC(=O)Nc1ccnc(C2(C(F)(F)F)CC2)c1. The molecule has 0 atom stereocenters. The number of ether oxygens (including phenoxy) is 1. The van der Waals surface area contributed by atoms with Crippen LogP contribution in [0, 0.1) is 0 Å². The van der Waals surface area contributed by atoms with Gasteiger partial charge in [-0.05, 0) is 45.7 Å². The van der Waals surface area contributed by atoms with Crippen LogP contribution in [0.4, 0.5) is 23.7 Å². The Kier molecular flexibility index (Phi) is 3.63. The molecule has 0 saturated heterocycles. The van der Waals surface area contributed by atoms with Gasteiger partial charge in [-0.3, -0.25) is 10.3 Å². The van der Waals surface area contributed by atoms with E-state index in [1.807, 2.05) is 0 Å². The van der Waals surface area contributed by atoms with Gasteiger partial charge in [-0.2, -0.15) is 13.2 Å². The van der Waals surface area contributed by atoms with Crippen LogP contribution in [-0.4, -0.2) is 22.9 Å². The molecular weight excluding hydrogens is 285 g/mol. The standard InChI is InChI=1S/C14H17F3N2O2/c1-12(2,3)21-11(20)19-9-4-7-18-10(8-9)13(5-6-13)14(15,16)17/h4,7-8H,5-6H2,1-3H3,(H,18,19,20). The van der Waals surface area contributed by atoms with E-state index in [2.05, 4.69) is 10.3 Å². The normalized spacial score (nSPS) is 17.2. The van der Waals surface area contributed by atoms with Crippen molar-refractivity contribution in [3.8, 4) is 0 Å². The number of pyridine rings is 1. The highest BCUT2D eigenvalue weighted by Crippen LogP contribution is 2.58. The molecule has 1 heterocycles. The van der Waals surface area contributed by atoms with Crippen molar-refractivity contribution in [2.45, 2.75) is 50.8 Å². The number of carbonyl (C=O) groups excluding carboxylic acids is 1. The van der Waals surface area contributed by atoms with Crippen molar-refractivity contribution < 1.29 is 22.7 Å². The quantitative estimate of drug-likeness (QED) is 0.897. The zero-order valence-electron chi connectivity index (χ0n) is 12.0. The van der Waals surface area contributed by atoms with Gasteiger partial charge in [0.05, 0.1) is 5.69 Å². The smallest absolute Gasteiger partial charge is 0.412 e. The summed E-state index contributed by atoms with van der Waals surface area (Å²) in [6.07, 6.45) is -3.73. The molecule has 1 saturated carbocycles. The average molecular weight is 302 g/mol. The minimum atomic E-state index is -4.33. The summed E-state index contributed by atoms with van der Waals surface area (Å²) in [7, 11) is 0. The molecule has 1 amide bonds. The molecule has 1 fully saturated rings. The fourth-order valence-electron chi connectivity index (χ4n) is 2.00. The third-order valence-electron chi connectivity index (χ3n) is 3.19. The predicted octanol–water partition coefficient (Wildman–Crippen LogP) is 4.02. The number of alkyl halides is 3. The van der Waals surface area contributed by atoms with Gasteiger partial charge in [0.15, 0.2) is 0 Å². The fourth-order valence-corrected chi connectivity index (χ4v) is 2.00. The Morgan fingerprint density at radius 3 is 2.43 bits per heavy atom. The van der Waals surface area contributed by atoms with Crippen LogP contribution in [0.25, 0.3) is 0 Å². The van der Waals surface area contributed by atoms with Crippen LogP contribution in [0.1, 0.15) is 39.3 Å². The van der Waals surface area contributed by atoms with E-state index in [0.29, 0.717) is 0 Å². The summed E-state index contributed by atoms with van der Waals surface area (Å²) in [5.74, 6) is 0. The number of amides is 1. The van der Waals surface area contributed by atoms with Crippen molar-refractivity contribution in [2.24, 2.45) is 0 Å². The van der Waals surface area contributed by atoms with E-state index in [-0.39, 0.29) is 24.2 Å². The summed E-state index contributed by atoms with van der Waals surface area (Å²) in [6.45, 7) is 5.11. The number of aromatic nitrogens is 1. The van der Waals surface area contributed by atoms with E-state index >= 15 is 0 Å². The van der Waals surface area contributed by atoms with Crippen molar-refractivity contribution in [3.05, 3.63) is 24.0 Å². The predicted molar refractivity (Wildman–Crippen MR) is 71.1 cm³/mol. The van der Waals surface area contributed by atoms with E-state index in [4.69, 9.17) is 4.74 Å². The molecule has 0 bridgehead atoms. The van der Waals surface area contributed by atoms with Crippen LogP contribution in [0.2, 0.25) is 0 Å². The molecule has 0 aliphatic heterocycles. The van der Waals surface area contributed by atoms with Gasteiger partial charge in [0.2, 0.25) is 0 Å². The van der Waals surface area contributed by atoms with Gasteiger partial charge in [0.25, 0.3) is 0 Å². The first-order chi connectivity index (χ1) is 9.53. The van der Waals surface area contributed by atoms with Crippen LogP contribution in [0.3, 0.4) is 0 Å². The van der Waals surface area contributed by atoms with Crippen LogP contribution in [0.5, 0.6) is 0 Å². The molecule has 2 rings (SSSR count). The van der Waals surface area contributed by atoms with Crippen molar-refractivity contribution in [2.75, 3.05) is 5.32 Å². The first-order valence-corrected chi connectivity index (χ1v) is 6.57.